The maximum absolute atomic E-state index is 2.38. The van der Waals surface area contributed by atoms with Crippen LogP contribution in [0.25, 0.3) is 0 Å². The van der Waals surface area contributed by atoms with Crippen LogP contribution in [0.15, 0.2) is 23.3 Å². The summed E-state index contributed by atoms with van der Waals surface area (Å²) in [5, 5.41) is 0. The van der Waals surface area contributed by atoms with E-state index in [-0.39, 0.29) is 0 Å². The van der Waals surface area contributed by atoms with Gasteiger partial charge in [-0.15, -0.1) is 0 Å². The molecule has 0 saturated heterocycles. The van der Waals surface area contributed by atoms with Gasteiger partial charge in [0.1, 0.15) is 0 Å². The van der Waals surface area contributed by atoms with Gasteiger partial charge < -0.3 is 0 Å². The predicted octanol–water partition coefficient (Wildman–Crippen LogP) is 3.70. The van der Waals surface area contributed by atoms with Crippen molar-refractivity contribution in [2.24, 2.45) is 5.41 Å². The first-order valence-corrected chi connectivity index (χ1v) is 4.39. The van der Waals surface area contributed by atoms with Crippen LogP contribution >= 0.6 is 0 Å². The van der Waals surface area contributed by atoms with E-state index in [4.69, 9.17) is 0 Å². The zero-order chi connectivity index (χ0) is 8.48. The monoisotopic (exact) mass is 150 g/mol. The van der Waals surface area contributed by atoms with Gasteiger partial charge in [-0.25, -0.2) is 0 Å². The molecule has 0 aliphatic heterocycles. The second-order valence-electron chi connectivity index (χ2n) is 4.33. The third-order valence-corrected chi connectivity index (χ3v) is 2.20. The van der Waals surface area contributed by atoms with Crippen LogP contribution in [0.4, 0.5) is 0 Å². The number of allylic oxidation sites excluding steroid dienone is 4. The Labute approximate surface area is 70.0 Å². The Morgan fingerprint density at radius 1 is 1.09 bits per heavy atom. The molecular weight excluding hydrogens is 132 g/mol. The minimum absolute atomic E-state index is 0.334. The van der Waals surface area contributed by atoms with Crippen LogP contribution in [-0.4, -0.2) is 0 Å². The minimum Gasteiger partial charge on any atom is -0.0810 e. The van der Waals surface area contributed by atoms with Crippen LogP contribution < -0.4 is 0 Å². The van der Waals surface area contributed by atoms with Crippen molar-refractivity contribution in [1.29, 1.82) is 0 Å². The van der Waals surface area contributed by atoms with E-state index in [1.54, 1.807) is 0 Å². The summed E-state index contributed by atoms with van der Waals surface area (Å²) in [5.41, 5.74) is 3.34. The molecule has 0 radical (unpaired) electrons. The third-order valence-electron chi connectivity index (χ3n) is 2.20. The van der Waals surface area contributed by atoms with Crippen molar-refractivity contribution >= 4 is 0 Å². The van der Waals surface area contributed by atoms with Gasteiger partial charge in [0.2, 0.25) is 0 Å². The van der Waals surface area contributed by atoms with Crippen molar-refractivity contribution < 1.29 is 0 Å². The normalized spacial score (nSPS) is 19.3. The van der Waals surface area contributed by atoms with Gasteiger partial charge in [0.25, 0.3) is 0 Å². The van der Waals surface area contributed by atoms with Gasteiger partial charge in [-0.05, 0) is 30.8 Å². The summed E-state index contributed by atoms with van der Waals surface area (Å²) < 4.78 is 0. The first kappa shape index (κ1) is 8.58. The molecule has 0 nitrogen and oxygen atoms in total. The molecule has 0 heteroatoms. The van der Waals surface area contributed by atoms with E-state index >= 15 is 0 Å². The van der Waals surface area contributed by atoms with Crippen LogP contribution in [0.5, 0.6) is 0 Å². The number of hydrogen-bond acceptors (Lipinski definition) is 0. The summed E-state index contributed by atoms with van der Waals surface area (Å²) >= 11 is 0. The van der Waals surface area contributed by atoms with Crippen molar-refractivity contribution in [1.82, 2.24) is 0 Å². The average molecular weight is 150 g/mol. The van der Waals surface area contributed by atoms with Crippen LogP contribution in [-0.2, 0) is 0 Å². The number of rotatable bonds is 0. The maximum atomic E-state index is 2.38. The Bertz CT molecular complexity index is 199. The topological polar surface area (TPSA) is 0 Å². The van der Waals surface area contributed by atoms with E-state index in [1.807, 2.05) is 0 Å². The Kier molecular flexibility index (Phi) is 2.22. The molecule has 0 bridgehead atoms. The van der Waals surface area contributed by atoms with Crippen molar-refractivity contribution in [3.8, 4) is 0 Å². The summed E-state index contributed by atoms with van der Waals surface area (Å²) in [6.07, 6.45) is 7.19. The summed E-state index contributed by atoms with van der Waals surface area (Å²) in [4.78, 5) is 0. The second kappa shape index (κ2) is 2.84. The van der Waals surface area contributed by atoms with Crippen molar-refractivity contribution in [2.75, 3.05) is 0 Å². The van der Waals surface area contributed by atoms with Gasteiger partial charge in [-0.1, -0.05) is 38.5 Å². The molecule has 1 aliphatic carbocycles. The minimum atomic E-state index is 0.334. The van der Waals surface area contributed by atoms with E-state index in [2.05, 4.69) is 39.8 Å². The second-order valence-corrected chi connectivity index (χ2v) is 4.33. The lowest BCUT2D eigenvalue weighted by molar-refractivity contribution is 0.505. The maximum Gasteiger partial charge on any atom is -0.0133 e. The average Bonchev–Trinajstić information content (AvgIpc) is 1.86. The highest BCUT2D eigenvalue weighted by molar-refractivity contribution is 5.35. The molecule has 62 valence electrons. The molecule has 0 aromatic heterocycles. The van der Waals surface area contributed by atoms with Gasteiger partial charge in [0.05, 0.1) is 0 Å². The lowest BCUT2D eigenvalue weighted by Crippen LogP contribution is -2.11. The Morgan fingerprint density at radius 3 is 2.00 bits per heavy atom. The van der Waals surface area contributed by atoms with Crippen molar-refractivity contribution in [3.05, 3.63) is 23.3 Å². The molecule has 0 aromatic rings. The third kappa shape index (κ3) is 1.95. The van der Waals surface area contributed by atoms with E-state index in [0.29, 0.717) is 5.41 Å². The van der Waals surface area contributed by atoms with Crippen LogP contribution in [0, 0.1) is 5.41 Å². The lowest BCUT2D eigenvalue weighted by Gasteiger charge is -2.26. The summed E-state index contributed by atoms with van der Waals surface area (Å²) in [5.74, 6) is 0. The first-order chi connectivity index (χ1) is 5.02. The van der Waals surface area contributed by atoms with Crippen molar-refractivity contribution in [3.63, 3.8) is 0 Å². The van der Waals surface area contributed by atoms with E-state index < -0.39 is 0 Å². The highest BCUT2D eigenvalue weighted by Crippen LogP contribution is 2.33. The molecule has 0 fully saturated rings. The lowest BCUT2D eigenvalue weighted by atomic mass is 9.79. The molecule has 0 unspecified atom stereocenters. The van der Waals surface area contributed by atoms with E-state index in [9.17, 15) is 0 Å². The molecule has 0 saturated carbocycles. The molecule has 0 N–H and O–H groups in total. The summed E-state index contributed by atoms with van der Waals surface area (Å²) in [6, 6.07) is 0. The molecule has 11 heavy (non-hydrogen) atoms. The molecule has 0 atom stereocenters. The zero-order valence-electron chi connectivity index (χ0n) is 8.07. The fourth-order valence-corrected chi connectivity index (χ4v) is 1.70. The molecule has 0 amide bonds. The summed E-state index contributed by atoms with van der Waals surface area (Å²) in [6.45, 7) is 9.06. The van der Waals surface area contributed by atoms with Gasteiger partial charge in [-0.3, -0.25) is 0 Å². The van der Waals surface area contributed by atoms with Gasteiger partial charge >= 0.3 is 0 Å². The summed E-state index contributed by atoms with van der Waals surface area (Å²) in [7, 11) is 0. The predicted molar refractivity (Wildman–Crippen MR) is 50.5 cm³/mol. The molecule has 0 spiro atoms. The van der Waals surface area contributed by atoms with Gasteiger partial charge in [-0.2, -0.15) is 0 Å². The quantitative estimate of drug-likeness (QED) is 0.494. The standard InChI is InChI=1S/C11H18/c1-9-7-5-6-8-10(9)11(2,3)4/h7-8H,5-6H2,1-4H3. The highest BCUT2D eigenvalue weighted by atomic mass is 14.2. The Hall–Kier alpha value is -0.520. The Balaban J connectivity index is 2.87. The highest BCUT2D eigenvalue weighted by Gasteiger charge is 2.18. The van der Waals surface area contributed by atoms with Crippen molar-refractivity contribution in [2.45, 2.75) is 40.5 Å². The molecule has 0 aromatic carbocycles. The van der Waals surface area contributed by atoms with Gasteiger partial charge in [0.15, 0.2) is 0 Å². The van der Waals surface area contributed by atoms with Gasteiger partial charge in [0, 0.05) is 0 Å². The fraction of sp³-hybridized carbons (Fsp3) is 0.636. The van der Waals surface area contributed by atoms with Crippen LogP contribution in [0.3, 0.4) is 0 Å². The van der Waals surface area contributed by atoms with Crippen LogP contribution in [0.2, 0.25) is 0 Å². The largest absolute Gasteiger partial charge is 0.0810 e. The van der Waals surface area contributed by atoms with E-state index in [1.165, 1.54) is 24.0 Å². The number of hydrogen-bond donors (Lipinski definition) is 0. The molecule has 0 heterocycles. The first-order valence-electron chi connectivity index (χ1n) is 4.39. The fourth-order valence-electron chi connectivity index (χ4n) is 1.70. The SMILES string of the molecule is CC1=CCCC=C1C(C)(C)C. The molecular formula is C11H18. The molecule has 1 aliphatic rings. The van der Waals surface area contributed by atoms with Crippen LogP contribution in [0.1, 0.15) is 40.5 Å². The smallest absolute Gasteiger partial charge is 0.0133 e. The van der Waals surface area contributed by atoms with E-state index in [0.717, 1.165) is 0 Å². The molecule has 1 rings (SSSR count). The zero-order valence-corrected chi connectivity index (χ0v) is 8.07. The Morgan fingerprint density at radius 2 is 1.64 bits per heavy atom.